The minimum atomic E-state index is -0.935. The number of carboxylic acid groups (broad SMARTS) is 1. The van der Waals surface area contributed by atoms with E-state index in [1.807, 2.05) is 12.1 Å². The molecule has 1 aromatic carbocycles. The van der Waals surface area contributed by atoms with Crippen molar-refractivity contribution in [1.29, 1.82) is 0 Å². The Kier molecular flexibility index (Phi) is 4.80. The van der Waals surface area contributed by atoms with Gasteiger partial charge in [-0.1, -0.05) is 19.4 Å². The molecule has 0 aliphatic carbocycles. The molecule has 0 fully saturated rings. The summed E-state index contributed by atoms with van der Waals surface area (Å²) in [4.78, 5) is 24.2. The summed E-state index contributed by atoms with van der Waals surface area (Å²) in [5.41, 5.74) is 7.64. The second-order valence-corrected chi connectivity index (χ2v) is 5.10. The van der Waals surface area contributed by atoms with E-state index in [9.17, 15) is 9.59 Å². The van der Waals surface area contributed by atoms with Crippen molar-refractivity contribution in [1.82, 2.24) is 0 Å². The van der Waals surface area contributed by atoms with Gasteiger partial charge >= 0.3 is 5.97 Å². The standard InChI is InChI=1S/C15H20N2O4/c1-2-3-11(16)10-4-5-13-12(8-10)17(7-6-15(19)20)14(18)9-21-13/h4-5,8,11H,2-3,6-7,9,16H2,1H3,(H,19,20). The lowest BCUT2D eigenvalue weighted by Crippen LogP contribution is -2.40. The Balaban J connectivity index is 2.28. The number of carbonyl (C=O) groups is 2. The summed E-state index contributed by atoms with van der Waals surface area (Å²) in [6.07, 6.45) is 1.72. The molecule has 114 valence electrons. The smallest absolute Gasteiger partial charge is 0.305 e. The highest BCUT2D eigenvalue weighted by Gasteiger charge is 2.26. The van der Waals surface area contributed by atoms with Crippen molar-refractivity contribution < 1.29 is 19.4 Å². The number of ether oxygens (including phenoxy) is 1. The number of carbonyl (C=O) groups excluding carboxylic acids is 1. The molecule has 1 aliphatic rings. The fourth-order valence-electron chi connectivity index (χ4n) is 2.38. The second kappa shape index (κ2) is 6.58. The molecule has 21 heavy (non-hydrogen) atoms. The maximum atomic E-state index is 12.0. The average molecular weight is 292 g/mol. The molecule has 6 nitrogen and oxygen atoms in total. The minimum absolute atomic E-state index is 0.0625. The van der Waals surface area contributed by atoms with E-state index >= 15 is 0 Å². The number of anilines is 1. The van der Waals surface area contributed by atoms with Crippen LogP contribution in [0, 0.1) is 0 Å². The normalized spacial score (nSPS) is 15.3. The highest BCUT2D eigenvalue weighted by Crippen LogP contribution is 2.34. The van der Waals surface area contributed by atoms with Crippen LogP contribution < -0.4 is 15.4 Å². The zero-order valence-electron chi connectivity index (χ0n) is 12.0. The quantitative estimate of drug-likeness (QED) is 0.832. The summed E-state index contributed by atoms with van der Waals surface area (Å²) >= 11 is 0. The average Bonchev–Trinajstić information content (AvgIpc) is 2.45. The molecule has 3 N–H and O–H groups in total. The monoisotopic (exact) mass is 292 g/mol. The summed E-state index contributed by atoms with van der Waals surface area (Å²) < 4.78 is 5.39. The molecule has 1 aliphatic heterocycles. The Morgan fingerprint density at radius 3 is 2.95 bits per heavy atom. The van der Waals surface area contributed by atoms with Gasteiger partial charge in [-0.3, -0.25) is 9.59 Å². The Bertz CT molecular complexity index is 544. The minimum Gasteiger partial charge on any atom is -0.482 e. The van der Waals surface area contributed by atoms with Crippen LogP contribution in [-0.2, 0) is 9.59 Å². The summed E-state index contributed by atoms with van der Waals surface area (Å²) in [5, 5.41) is 8.80. The fourth-order valence-corrected chi connectivity index (χ4v) is 2.38. The number of amides is 1. The van der Waals surface area contributed by atoms with Gasteiger partial charge in [0.15, 0.2) is 6.61 Å². The highest BCUT2D eigenvalue weighted by molar-refractivity contribution is 5.98. The van der Waals surface area contributed by atoms with Crippen molar-refractivity contribution >= 4 is 17.6 Å². The lowest BCUT2D eigenvalue weighted by atomic mass is 10.0. The van der Waals surface area contributed by atoms with Gasteiger partial charge in [0.05, 0.1) is 12.1 Å². The van der Waals surface area contributed by atoms with Crippen LogP contribution in [0.3, 0.4) is 0 Å². The maximum Gasteiger partial charge on any atom is 0.305 e. The van der Waals surface area contributed by atoms with E-state index in [1.54, 1.807) is 6.07 Å². The number of benzene rings is 1. The first kappa shape index (κ1) is 15.3. The van der Waals surface area contributed by atoms with Crippen LogP contribution in [0.1, 0.15) is 37.8 Å². The number of nitrogens with zero attached hydrogens (tertiary/aromatic N) is 1. The maximum absolute atomic E-state index is 12.0. The molecule has 1 atom stereocenters. The predicted molar refractivity (Wildman–Crippen MR) is 78.4 cm³/mol. The van der Waals surface area contributed by atoms with Crippen LogP contribution in [0.4, 0.5) is 5.69 Å². The van der Waals surface area contributed by atoms with E-state index in [2.05, 4.69) is 6.92 Å². The lowest BCUT2D eigenvalue weighted by molar-refractivity contribution is -0.136. The van der Waals surface area contributed by atoms with Crippen LogP contribution in [0.2, 0.25) is 0 Å². The van der Waals surface area contributed by atoms with E-state index in [-0.39, 0.29) is 31.5 Å². The lowest BCUT2D eigenvalue weighted by Gasteiger charge is -2.30. The number of nitrogens with two attached hydrogens (primary N) is 1. The molecule has 0 saturated carbocycles. The van der Waals surface area contributed by atoms with Crippen LogP contribution in [-0.4, -0.2) is 30.1 Å². The molecular formula is C15H20N2O4. The van der Waals surface area contributed by atoms with Gasteiger partial charge in [-0.15, -0.1) is 0 Å². The van der Waals surface area contributed by atoms with Gasteiger partial charge in [-0.25, -0.2) is 0 Å². The molecule has 2 rings (SSSR count). The van der Waals surface area contributed by atoms with Gasteiger partial charge in [0.1, 0.15) is 5.75 Å². The molecule has 0 saturated heterocycles. The SMILES string of the molecule is CCCC(N)c1ccc2c(c1)N(CCC(=O)O)C(=O)CO2. The molecule has 0 radical (unpaired) electrons. The third-order valence-corrected chi connectivity index (χ3v) is 3.50. The first-order valence-electron chi connectivity index (χ1n) is 7.07. The van der Waals surface area contributed by atoms with E-state index < -0.39 is 5.97 Å². The van der Waals surface area contributed by atoms with Gasteiger partial charge < -0.3 is 20.5 Å². The van der Waals surface area contributed by atoms with E-state index in [1.165, 1.54) is 4.90 Å². The van der Waals surface area contributed by atoms with Crippen molar-refractivity contribution in [2.45, 2.75) is 32.2 Å². The van der Waals surface area contributed by atoms with Crippen molar-refractivity contribution in [3.8, 4) is 5.75 Å². The summed E-state index contributed by atoms with van der Waals surface area (Å²) in [7, 11) is 0. The summed E-state index contributed by atoms with van der Waals surface area (Å²) in [5.74, 6) is -0.577. The first-order chi connectivity index (χ1) is 10.0. The van der Waals surface area contributed by atoms with Gasteiger partial charge in [0.25, 0.3) is 5.91 Å². The summed E-state index contributed by atoms with van der Waals surface area (Å²) in [6, 6.07) is 5.41. The van der Waals surface area contributed by atoms with Gasteiger partial charge in [0.2, 0.25) is 0 Å². The van der Waals surface area contributed by atoms with Crippen LogP contribution in [0.5, 0.6) is 5.75 Å². The number of hydrogen-bond donors (Lipinski definition) is 2. The molecule has 0 bridgehead atoms. The molecule has 1 unspecified atom stereocenters. The molecule has 1 aromatic rings. The van der Waals surface area contributed by atoms with E-state index in [0.717, 1.165) is 18.4 Å². The molecule has 1 amide bonds. The molecule has 6 heteroatoms. The van der Waals surface area contributed by atoms with Crippen LogP contribution >= 0.6 is 0 Å². The Morgan fingerprint density at radius 1 is 1.52 bits per heavy atom. The number of carboxylic acids is 1. The highest BCUT2D eigenvalue weighted by atomic mass is 16.5. The number of hydrogen-bond acceptors (Lipinski definition) is 4. The van der Waals surface area contributed by atoms with Crippen molar-refractivity contribution in [3.05, 3.63) is 23.8 Å². The first-order valence-corrected chi connectivity index (χ1v) is 7.07. The van der Waals surface area contributed by atoms with E-state index in [0.29, 0.717) is 11.4 Å². The van der Waals surface area contributed by atoms with E-state index in [4.69, 9.17) is 15.6 Å². The predicted octanol–water partition coefficient (Wildman–Crippen LogP) is 1.69. The summed E-state index contributed by atoms with van der Waals surface area (Å²) in [6.45, 7) is 2.13. The Hall–Kier alpha value is -2.08. The topological polar surface area (TPSA) is 92.9 Å². The van der Waals surface area contributed by atoms with Crippen molar-refractivity contribution in [2.24, 2.45) is 5.73 Å². The molecule has 1 heterocycles. The largest absolute Gasteiger partial charge is 0.482 e. The van der Waals surface area contributed by atoms with Crippen molar-refractivity contribution in [2.75, 3.05) is 18.1 Å². The molecular weight excluding hydrogens is 272 g/mol. The van der Waals surface area contributed by atoms with Crippen molar-refractivity contribution in [3.63, 3.8) is 0 Å². The van der Waals surface area contributed by atoms with Gasteiger partial charge in [-0.05, 0) is 24.1 Å². The molecule has 0 aromatic heterocycles. The molecule has 0 spiro atoms. The third-order valence-electron chi connectivity index (χ3n) is 3.50. The number of rotatable bonds is 6. The Morgan fingerprint density at radius 2 is 2.29 bits per heavy atom. The van der Waals surface area contributed by atoms with Gasteiger partial charge in [-0.2, -0.15) is 0 Å². The van der Waals surface area contributed by atoms with Crippen LogP contribution in [0.15, 0.2) is 18.2 Å². The van der Waals surface area contributed by atoms with Gasteiger partial charge in [0, 0.05) is 12.6 Å². The van der Waals surface area contributed by atoms with Crippen LogP contribution in [0.25, 0.3) is 0 Å². The third kappa shape index (κ3) is 3.52. The zero-order chi connectivity index (χ0) is 15.4. The zero-order valence-corrected chi connectivity index (χ0v) is 12.0. The fraction of sp³-hybridized carbons (Fsp3) is 0.467. The second-order valence-electron chi connectivity index (χ2n) is 5.10. The Labute approximate surface area is 123 Å². The number of fused-ring (bicyclic) bond motifs is 1. The number of aliphatic carboxylic acids is 1.